The minimum absolute atomic E-state index is 0.102. The summed E-state index contributed by atoms with van der Waals surface area (Å²) >= 11 is 0. The fraction of sp³-hybridized carbons (Fsp3) is 0.389. The number of nitrogens with zero attached hydrogens (tertiary/aromatic N) is 6. The average molecular weight is 369 g/mol. The van der Waals surface area contributed by atoms with Crippen LogP contribution in [0.3, 0.4) is 0 Å². The minimum atomic E-state index is 0.102. The lowest BCUT2D eigenvalue weighted by Crippen LogP contribution is -2.15. The molecule has 3 rings (SSSR count). The molecule has 3 aromatic rings. The number of nitrogens with two attached hydrogens (primary N) is 1. The summed E-state index contributed by atoms with van der Waals surface area (Å²) in [6.07, 6.45) is 4.27. The molecule has 0 saturated heterocycles. The van der Waals surface area contributed by atoms with Crippen molar-refractivity contribution in [2.45, 2.75) is 13.3 Å². The van der Waals surface area contributed by atoms with E-state index in [-0.39, 0.29) is 5.95 Å². The zero-order chi connectivity index (χ0) is 19.2. The van der Waals surface area contributed by atoms with E-state index in [1.165, 1.54) is 0 Å². The molecular formula is C18H23N7O2. The Balaban J connectivity index is 1.78. The second-order valence-electron chi connectivity index (χ2n) is 6.14. The van der Waals surface area contributed by atoms with Crippen molar-refractivity contribution in [1.29, 1.82) is 0 Å². The van der Waals surface area contributed by atoms with E-state index < -0.39 is 0 Å². The average Bonchev–Trinajstić information content (AvgIpc) is 2.65. The van der Waals surface area contributed by atoms with Gasteiger partial charge in [0.2, 0.25) is 17.7 Å². The number of hydrogen-bond acceptors (Lipinski definition) is 9. The van der Waals surface area contributed by atoms with E-state index in [4.69, 9.17) is 15.2 Å². The molecule has 142 valence electrons. The Kier molecular flexibility index (Phi) is 5.92. The largest absolute Gasteiger partial charge is 0.478 e. The molecule has 0 aliphatic rings. The van der Waals surface area contributed by atoms with Crippen molar-refractivity contribution in [1.82, 2.24) is 29.8 Å². The fourth-order valence-electron chi connectivity index (χ4n) is 2.45. The van der Waals surface area contributed by atoms with Crippen molar-refractivity contribution in [3.63, 3.8) is 0 Å². The molecule has 0 bridgehead atoms. The first-order chi connectivity index (χ1) is 13.1. The van der Waals surface area contributed by atoms with Crippen molar-refractivity contribution in [3.8, 4) is 23.0 Å². The zero-order valence-electron chi connectivity index (χ0n) is 15.7. The number of rotatable bonds is 8. The van der Waals surface area contributed by atoms with E-state index in [0.717, 1.165) is 18.5 Å². The van der Waals surface area contributed by atoms with E-state index in [0.29, 0.717) is 41.8 Å². The van der Waals surface area contributed by atoms with E-state index in [2.05, 4.69) is 29.8 Å². The van der Waals surface area contributed by atoms with E-state index >= 15 is 0 Å². The molecule has 0 aliphatic heterocycles. The summed E-state index contributed by atoms with van der Waals surface area (Å²) in [6, 6.07) is 3.71. The molecule has 0 fully saturated rings. The van der Waals surface area contributed by atoms with Crippen LogP contribution in [0.1, 0.15) is 13.3 Å². The molecule has 0 spiro atoms. The van der Waals surface area contributed by atoms with E-state index in [1.807, 2.05) is 33.2 Å². The highest BCUT2D eigenvalue weighted by atomic mass is 16.5. The van der Waals surface area contributed by atoms with Crippen molar-refractivity contribution in [2.24, 2.45) is 0 Å². The Morgan fingerprint density at radius 3 is 2.59 bits per heavy atom. The number of fused-ring (bicyclic) bond motifs is 1. The van der Waals surface area contributed by atoms with E-state index in [9.17, 15) is 0 Å². The van der Waals surface area contributed by atoms with Gasteiger partial charge in [0.05, 0.1) is 25.1 Å². The third kappa shape index (κ3) is 4.76. The Morgan fingerprint density at radius 1 is 1.04 bits per heavy atom. The maximum atomic E-state index is 5.69. The molecule has 0 saturated carbocycles. The number of pyridine rings is 1. The van der Waals surface area contributed by atoms with Crippen LogP contribution in [0, 0.1) is 0 Å². The summed E-state index contributed by atoms with van der Waals surface area (Å²) in [5, 5.41) is 0. The molecule has 0 atom stereocenters. The predicted molar refractivity (Wildman–Crippen MR) is 103 cm³/mol. The van der Waals surface area contributed by atoms with Gasteiger partial charge in [0.15, 0.2) is 11.2 Å². The molecule has 0 aromatic carbocycles. The zero-order valence-corrected chi connectivity index (χ0v) is 15.7. The Morgan fingerprint density at radius 2 is 1.89 bits per heavy atom. The van der Waals surface area contributed by atoms with Crippen molar-refractivity contribution >= 4 is 17.1 Å². The second kappa shape index (κ2) is 8.54. The van der Waals surface area contributed by atoms with Gasteiger partial charge in [-0.05, 0) is 33.5 Å². The van der Waals surface area contributed by atoms with Gasteiger partial charge in [-0.25, -0.2) is 15.0 Å². The van der Waals surface area contributed by atoms with Crippen LogP contribution >= 0.6 is 0 Å². The van der Waals surface area contributed by atoms with Gasteiger partial charge in [-0.15, -0.1) is 0 Å². The van der Waals surface area contributed by atoms with Gasteiger partial charge in [-0.3, -0.25) is 0 Å². The van der Waals surface area contributed by atoms with Gasteiger partial charge in [0.25, 0.3) is 0 Å². The summed E-state index contributed by atoms with van der Waals surface area (Å²) in [5.41, 5.74) is 8.00. The van der Waals surface area contributed by atoms with Crippen LogP contribution in [-0.2, 0) is 0 Å². The molecule has 27 heavy (non-hydrogen) atoms. The Bertz CT molecular complexity index is 900. The molecule has 9 nitrogen and oxygen atoms in total. The number of anilines is 1. The number of hydrogen-bond donors (Lipinski definition) is 1. The summed E-state index contributed by atoms with van der Waals surface area (Å²) in [5.74, 6) is 1.01. The quantitative estimate of drug-likeness (QED) is 0.594. The van der Waals surface area contributed by atoms with Crippen molar-refractivity contribution in [3.05, 3.63) is 24.5 Å². The monoisotopic (exact) mass is 369 g/mol. The first-order valence-corrected chi connectivity index (χ1v) is 8.74. The van der Waals surface area contributed by atoms with Crippen LogP contribution in [0.5, 0.6) is 11.8 Å². The van der Waals surface area contributed by atoms with Gasteiger partial charge in [-0.1, -0.05) is 0 Å². The van der Waals surface area contributed by atoms with E-state index in [1.54, 1.807) is 12.4 Å². The minimum Gasteiger partial charge on any atom is -0.478 e. The molecule has 0 unspecified atom stereocenters. The first-order valence-electron chi connectivity index (χ1n) is 8.74. The normalized spacial score (nSPS) is 11.1. The smallest absolute Gasteiger partial charge is 0.247 e. The van der Waals surface area contributed by atoms with Gasteiger partial charge in [0.1, 0.15) is 0 Å². The Labute approximate surface area is 157 Å². The topological polar surface area (TPSA) is 112 Å². The van der Waals surface area contributed by atoms with Crippen LogP contribution in [0.15, 0.2) is 24.5 Å². The van der Waals surface area contributed by atoms with Gasteiger partial charge in [-0.2, -0.15) is 9.97 Å². The lowest BCUT2D eigenvalue weighted by atomic mass is 10.2. The third-order valence-corrected chi connectivity index (χ3v) is 3.71. The number of ether oxygens (including phenoxy) is 2. The summed E-state index contributed by atoms with van der Waals surface area (Å²) in [7, 11) is 4.07. The highest BCUT2D eigenvalue weighted by Crippen LogP contribution is 2.24. The highest BCUT2D eigenvalue weighted by molar-refractivity contribution is 5.79. The maximum absolute atomic E-state index is 5.69. The number of nitrogen functional groups attached to an aromatic ring is 1. The molecule has 0 aliphatic carbocycles. The molecule has 3 heterocycles. The van der Waals surface area contributed by atoms with Crippen molar-refractivity contribution < 1.29 is 9.47 Å². The molecule has 2 N–H and O–H groups in total. The standard InChI is InChI=1S/C18H23N7O2/c1-4-26-17-15-16(23-18(19)24-17)21-11-13(22-15)12-6-7-14(20-10-12)27-9-5-8-25(2)3/h6-7,10-11H,4-5,8-9H2,1-3H3,(H2,19,21,23,24). The fourth-order valence-corrected chi connectivity index (χ4v) is 2.45. The predicted octanol–water partition coefficient (Wildman–Crippen LogP) is 1.79. The van der Waals surface area contributed by atoms with Crippen LogP contribution in [0.25, 0.3) is 22.4 Å². The van der Waals surface area contributed by atoms with Gasteiger partial charge < -0.3 is 20.1 Å². The van der Waals surface area contributed by atoms with Crippen LogP contribution in [0.4, 0.5) is 5.95 Å². The van der Waals surface area contributed by atoms with Crippen molar-refractivity contribution in [2.75, 3.05) is 39.6 Å². The number of aromatic nitrogens is 5. The molecule has 3 aromatic heterocycles. The second-order valence-corrected chi connectivity index (χ2v) is 6.14. The molecule has 9 heteroatoms. The summed E-state index contributed by atoms with van der Waals surface area (Å²) in [6.45, 7) is 3.90. The summed E-state index contributed by atoms with van der Waals surface area (Å²) < 4.78 is 11.2. The lowest BCUT2D eigenvalue weighted by molar-refractivity contribution is 0.273. The molecule has 0 radical (unpaired) electrons. The molecular weight excluding hydrogens is 346 g/mol. The highest BCUT2D eigenvalue weighted by Gasteiger charge is 2.12. The maximum Gasteiger partial charge on any atom is 0.247 e. The Hall–Kier alpha value is -3.07. The van der Waals surface area contributed by atoms with Crippen LogP contribution in [0.2, 0.25) is 0 Å². The third-order valence-electron chi connectivity index (χ3n) is 3.71. The lowest BCUT2D eigenvalue weighted by Gasteiger charge is -2.10. The van der Waals surface area contributed by atoms with Gasteiger partial charge >= 0.3 is 0 Å². The van der Waals surface area contributed by atoms with Gasteiger partial charge in [0, 0.05) is 24.4 Å². The SMILES string of the molecule is CCOc1nc(N)nc2ncc(-c3ccc(OCCCN(C)C)nc3)nc12. The molecule has 0 amide bonds. The summed E-state index contributed by atoms with van der Waals surface area (Å²) in [4.78, 5) is 23.5. The van der Waals surface area contributed by atoms with Crippen LogP contribution in [-0.4, -0.2) is 63.7 Å². The first kappa shape index (κ1) is 18.7. The van der Waals surface area contributed by atoms with Crippen LogP contribution < -0.4 is 15.2 Å².